The van der Waals surface area contributed by atoms with E-state index in [0.29, 0.717) is 74.1 Å². The number of allylic oxidation sites excluding steroid dienone is 2. The number of rotatable bonds is 26. The molecule has 1 aromatic heterocycles. The average molecular weight is 921 g/mol. The van der Waals surface area contributed by atoms with Gasteiger partial charge in [-0.2, -0.15) is 0 Å². The van der Waals surface area contributed by atoms with Crippen molar-refractivity contribution in [1.82, 2.24) is 35.2 Å². The van der Waals surface area contributed by atoms with Gasteiger partial charge in [-0.1, -0.05) is 74.5 Å². The van der Waals surface area contributed by atoms with Crippen molar-refractivity contribution in [3.05, 3.63) is 52.2 Å². The fourth-order valence-corrected chi connectivity index (χ4v) is 11.2. The van der Waals surface area contributed by atoms with Crippen LogP contribution in [0.25, 0.3) is 0 Å². The van der Waals surface area contributed by atoms with Crippen molar-refractivity contribution >= 4 is 11.6 Å². The van der Waals surface area contributed by atoms with E-state index < -0.39 is 6.17 Å². The molecule has 3 aliphatic heterocycles. The Labute approximate surface area is 402 Å². The molecule has 5 rings (SSSR count). The number of hydrogen-bond acceptors (Lipinski definition) is 8. The van der Waals surface area contributed by atoms with Crippen LogP contribution in [0.2, 0.25) is 0 Å². The smallest absolute Gasteiger partial charge is 0.251 e. The molecule has 0 spiro atoms. The monoisotopic (exact) mass is 921 g/mol. The molecular weight excluding hydrogens is 824 g/mol. The minimum Gasteiger partial charge on any atom is -0.375 e. The zero-order chi connectivity index (χ0) is 48.1. The molecule has 4 aliphatic rings. The lowest BCUT2D eigenvalue weighted by molar-refractivity contribution is -0.120. The lowest BCUT2D eigenvalue weighted by Crippen LogP contribution is -2.58. The molecule has 1 saturated carbocycles. The molecule has 1 amide bonds. The maximum atomic E-state index is 14.3. The van der Waals surface area contributed by atoms with Gasteiger partial charge in [-0.05, 0) is 134 Å². The summed E-state index contributed by atoms with van der Waals surface area (Å²) in [6.07, 6.45) is 13.0. The number of halogens is 1. The Morgan fingerprint density at radius 3 is 2.36 bits per heavy atom. The van der Waals surface area contributed by atoms with Crippen molar-refractivity contribution in [1.29, 1.82) is 0 Å². The maximum absolute atomic E-state index is 14.3. The highest BCUT2D eigenvalue weighted by Gasteiger charge is 2.41. The van der Waals surface area contributed by atoms with E-state index in [2.05, 4.69) is 118 Å². The zero-order valence-electron chi connectivity index (χ0n) is 43.8. The van der Waals surface area contributed by atoms with E-state index in [1.165, 1.54) is 50.0 Å². The van der Waals surface area contributed by atoms with Crippen molar-refractivity contribution in [3.8, 4) is 0 Å². The second-order valence-corrected chi connectivity index (χ2v) is 23.1. The molecule has 376 valence electrons. The molecule has 3 fully saturated rings. The number of nitrogens with zero attached hydrogens (tertiary/aromatic N) is 5. The minimum absolute atomic E-state index is 0.0619. The molecule has 66 heavy (non-hydrogen) atoms. The molecule has 1 aliphatic carbocycles. The minimum atomic E-state index is -0.719. The highest BCUT2D eigenvalue weighted by molar-refractivity contribution is 5.97. The number of aromatic nitrogens is 1. The van der Waals surface area contributed by atoms with Crippen molar-refractivity contribution in [2.45, 2.75) is 195 Å². The number of hydrogen-bond donors (Lipinski definition) is 3. The molecule has 3 N–H and O–H groups in total. The van der Waals surface area contributed by atoms with Gasteiger partial charge in [-0.25, -0.2) is 4.39 Å². The van der Waals surface area contributed by atoms with Gasteiger partial charge >= 0.3 is 0 Å². The van der Waals surface area contributed by atoms with Crippen LogP contribution in [0.4, 0.5) is 10.1 Å². The average Bonchev–Trinajstić information content (AvgIpc) is 3.53. The first-order valence-corrected chi connectivity index (χ1v) is 26.8. The first kappa shape index (κ1) is 54.2. The van der Waals surface area contributed by atoms with Gasteiger partial charge in [0.25, 0.3) is 5.56 Å². The van der Waals surface area contributed by atoms with E-state index in [4.69, 9.17) is 0 Å². The second-order valence-electron chi connectivity index (χ2n) is 23.1. The SMILES string of the molecule is C=C(CCCCCCC(=C)N1CCN(CC(C)CN[C@H](C)CC)C(C)C1)N(CCC(C)CC1CN[C@H](C)CN1CC(=O)N1CC(C)(C)c2[nH]c(=O)c(CC3CCC(F)CC3)cc21)CC(C)C. The fourth-order valence-electron chi connectivity index (χ4n) is 11.2. The molecule has 1 aromatic rings. The summed E-state index contributed by atoms with van der Waals surface area (Å²) in [6.45, 7) is 42.2. The quantitative estimate of drug-likeness (QED) is 0.0793. The van der Waals surface area contributed by atoms with Gasteiger partial charge in [0.2, 0.25) is 5.91 Å². The van der Waals surface area contributed by atoms with Crippen LogP contribution < -0.4 is 21.1 Å². The number of amides is 1. The molecule has 4 unspecified atom stereocenters. The molecule has 0 aromatic carbocycles. The second kappa shape index (κ2) is 25.8. The van der Waals surface area contributed by atoms with E-state index in [-0.39, 0.29) is 22.9 Å². The van der Waals surface area contributed by atoms with Gasteiger partial charge in [0, 0.05) is 111 Å². The van der Waals surface area contributed by atoms with Crippen LogP contribution in [0.3, 0.4) is 0 Å². The van der Waals surface area contributed by atoms with Gasteiger partial charge in [0.15, 0.2) is 0 Å². The number of carbonyl (C=O) groups excluding carboxylic acids is 1. The van der Waals surface area contributed by atoms with Gasteiger partial charge in [-0.3, -0.25) is 19.4 Å². The van der Waals surface area contributed by atoms with Crippen molar-refractivity contribution in [2.24, 2.45) is 23.7 Å². The molecule has 4 heterocycles. The highest BCUT2D eigenvalue weighted by atomic mass is 19.1. The van der Waals surface area contributed by atoms with E-state index in [1.54, 1.807) is 0 Å². The predicted octanol–water partition coefficient (Wildman–Crippen LogP) is 9.50. The summed E-state index contributed by atoms with van der Waals surface area (Å²) >= 11 is 0. The van der Waals surface area contributed by atoms with Crippen LogP contribution >= 0.6 is 0 Å². The number of aromatic amines is 1. The van der Waals surface area contributed by atoms with Crippen LogP contribution in [-0.4, -0.2) is 133 Å². The van der Waals surface area contributed by atoms with Gasteiger partial charge in [-0.15, -0.1) is 0 Å². The number of carbonyl (C=O) groups is 1. The first-order valence-electron chi connectivity index (χ1n) is 26.8. The summed E-state index contributed by atoms with van der Waals surface area (Å²) in [5, 5.41) is 7.40. The predicted molar refractivity (Wildman–Crippen MR) is 276 cm³/mol. The molecule has 0 bridgehead atoms. The van der Waals surface area contributed by atoms with E-state index >= 15 is 0 Å². The highest BCUT2D eigenvalue weighted by Crippen LogP contribution is 2.40. The zero-order valence-corrected chi connectivity index (χ0v) is 43.8. The van der Waals surface area contributed by atoms with Crippen LogP contribution in [0.1, 0.15) is 164 Å². The topological polar surface area (TPSA) is 90.2 Å². The number of pyridine rings is 1. The van der Waals surface area contributed by atoms with Crippen LogP contribution in [0, 0.1) is 23.7 Å². The largest absolute Gasteiger partial charge is 0.375 e. The molecule has 6 atom stereocenters. The number of fused-ring (bicyclic) bond motifs is 1. The Morgan fingerprint density at radius 1 is 0.970 bits per heavy atom. The van der Waals surface area contributed by atoms with Gasteiger partial charge in [0.05, 0.1) is 12.2 Å². The molecule has 2 saturated heterocycles. The Bertz CT molecular complexity index is 1740. The van der Waals surface area contributed by atoms with E-state index in [0.717, 1.165) is 108 Å². The third kappa shape index (κ3) is 16.2. The molecule has 10 nitrogen and oxygen atoms in total. The molecular formula is C55H97FN8O2. The summed E-state index contributed by atoms with van der Waals surface area (Å²) in [7, 11) is 0. The normalized spacial score (nSPS) is 25.2. The third-order valence-electron chi connectivity index (χ3n) is 15.7. The Balaban J connectivity index is 1.04. The summed E-state index contributed by atoms with van der Waals surface area (Å²) in [6, 6.07) is 3.72. The Hall–Kier alpha value is -2.73. The number of anilines is 1. The van der Waals surface area contributed by atoms with Crippen molar-refractivity contribution < 1.29 is 9.18 Å². The summed E-state index contributed by atoms with van der Waals surface area (Å²) in [5.74, 6) is 2.13. The lowest BCUT2D eigenvalue weighted by atomic mass is 9.84. The number of alkyl halides is 1. The third-order valence-corrected chi connectivity index (χ3v) is 15.7. The number of nitrogens with one attached hydrogen (secondary N) is 3. The number of H-pyrrole nitrogens is 1. The lowest BCUT2D eigenvalue weighted by Gasteiger charge is -2.42. The van der Waals surface area contributed by atoms with E-state index in [9.17, 15) is 14.0 Å². The van der Waals surface area contributed by atoms with Gasteiger partial charge in [0.1, 0.15) is 6.17 Å². The Kier molecular flexibility index (Phi) is 21.2. The van der Waals surface area contributed by atoms with E-state index in [1.807, 2.05) is 11.0 Å². The molecule has 11 heteroatoms. The molecule has 0 radical (unpaired) electrons. The number of piperazine rings is 2. The summed E-state index contributed by atoms with van der Waals surface area (Å²) in [4.78, 5) is 43.0. The Morgan fingerprint density at radius 2 is 1.68 bits per heavy atom. The maximum Gasteiger partial charge on any atom is 0.251 e. The van der Waals surface area contributed by atoms with Crippen molar-refractivity contribution in [2.75, 3.05) is 76.9 Å². The van der Waals surface area contributed by atoms with Crippen molar-refractivity contribution in [3.63, 3.8) is 0 Å². The fraction of sp³-hybridized carbons (Fsp3) is 0.818. The first-order chi connectivity index (χ1) is 31.3. The number of unbranched alkanes of at least 4 members (excludes halogenated alkanes) is 3. The summed E-state index contributed by atoms with van der Waals surface area (Å²) in [5.41, 5.74) is 4.62. The van der Waals surface area contributed by atoms with Gasteiger partial charge < -0.3 is 30.3 Å². The van der Waals surface area contributed by atoms with Crippen LogP contribution in [0.5, 0.6) is 0 Å². The van der Waals surface area contributed by atoms with Crippen LogP contribution in [-0.2, 0) is 16.6 Å². The van der Waals surface area contributed by atoms with Crippen LogP contribution in [0.15, 0.2) is 35.4 Å². The summed E-state index contributed by atoms with van der Waals surface area (Å²) < 4.78 is 13.9. The standard InChI is InChI=1S/C55H97FN8O2/c1-13-42(6)57-31-41(5)34-61-26-27-62(36-46(61)10)45(9)19-17-15-14-16-18-44(8)60(33-39(2)3)25-24-40(4)28-50-32-58-43(7)35-63(50)37-52(65)64-38-55(11,12)53-51(64)30-48(54(66)59-53)29-47-20-22-49(56)23-21-47/h30,39-43,46-47,49-50,57-58H,8-9,13-29,31-38H2,1-7,10-12H3,(H,59,66)/t40?,41?,42-,43-,46?,47?,49?,50?/m1/s1.